The Bertz CT molecular complexity index is 1200. The van der Waals surface area contributed by atoms with E-state index in [2.05, 4.69) is 36.8 Å². The van der Waals surface area contributed by atoms with Crippen LogP contribution >= 0.6 is 39.1 Å². The highest BCUT2D eigenvalue weighted by Gasteiger charge is 2.39. The molecule has 0 aliphatic rings. The molecule has 168 valence electrons. The number of methoxy groups -OCH3 is 1. The van der Waals surface area contributed by atoms with E-state index in [1.807, 2.05) is 51.1 Å². The summed E-state index contributed by atoms with van der Waals surface area (Å²) in [6, 6.07) is 13.8. The van der Waals surface area contributed by atoms with E-state index in [0.717, 1.165) is 14.2 Å². The van der Waals surface area contributed by atoms with E-state index in [1.165, 1.54) is 19.2 Å². The number of halogens is 2. The van der Waals surface area contributed by atoms with Gasteiger partial charge in [0.25, 0.3) is 5.69 Å². The minimum atomic E-state index is -2.87. The molecule has 2 aromatic carbocycles. The maximum Gasteiger partial charge on any atom is 0.271 e. The van der Waals surface area contributed by atoms with Crippen LogP contribution in [0.1, 0.15) is 20.8 Å². The molecule has 3 rings (SSSR count). The van der Waals surface area contributed by atoms with Gasteiger partial charge in [-0.3, -0.25) is 15.1 Å². The molecule has 0 radical (unpaired) electrons. The third-order valence-corrected chi connectivity index (χ3v) is 9.56. The summed E-state index contributed by atoms with van der Waals surface area (Å²) in [4.78, 5) is 15.1. The van der Waals surface area contributed by atoms with E-state index in [4.69, 9.17) is 14.0 Å². The molecule has 1 atom stereocenters. The summed E-state index contributed by atoms with van der Waals surface area (Å²) in [6.07, 6.45) is 3.38. The molecule has 0 saturated carbocycles. The monoisotopic (exact) mass is 581 g/mol. The van der Waals surface area contributed by atoms with Crippen molar-refractivity contribution in [1.82, 2.24) is 4.98 Å². The number of ether oxygens (including phenoxy) is 1. The van der Waals surface area contributed by atoms with Crippen molar-refractivity contribution in [3.8, 4) is 11.5 Å². The number of hydrogen-bond acceptors (Lipinski definition) is 6. The van der Waals surface area contributed by atoms with Gasteiger partial charge in [0.15, 0.2) is 7.28 Å². The van der Waals surface area contributed by atoms with Gasteiger partial charge in [0.1, 0.15) is 17.2 Å². The molecule has 0 unspecified atom stereocenters. The van der Waals surface area contributed by atoms with E-state index in [1.54, 1.807) is 18.5 Å². The fourth-order valence-corrected chi connectivity index (χ4v) is 7.37. The van der Waals surface area contributed by atoms with Crippen molar-refractivity contribution in [2.75, 3.05) is 7.11 Å². The normalized spacial score (nSPS) is 13.2. The van der Waals surface area contributed by atoms with Gasteiger partial charge in [-0.25, -0.2) is 4.74 Å². The Hall–Kier alpha value is -2.22. The Morgan fingerprint density at radius 3 is 2.25 bits per heavy atom. The second-order valence-electron chi connectivity index (χ2n) is 7.83. The average Bonchev–Trinajstić information content (AvgIpc) is 2.74. The van der Waals surface area contributed by atoms with Gasteiger partial charge in [0.2, 0.25) is 0 Å². The van der Waals surface area contributed by atoms with Gasteiger partial charge in [-0.15, -0.1) is 0 Å². The summed E-state index contributed by atoms with van der Waals surface area (Å²) in [5, 5.41) is 11.8. The quantitative estimate of drug-likeness (QED) is 0.171. The zero-order valence-electron chi connectivity index (χ0n) is 18.0. The van der Waals surface area contributed by atoms with Crippen molar-refractivity contribution >= 4 is 55.8 Å². The molecular formula is C22H22Br2N3O4P. The molecular weight excluding hydrogens is 561 g/mol. The van der Waals surface area contributed by atoms with E-state index >= 15 is 0 Å². The molecule has 0 saturated heterocycles. The molecule has 0 aliphatic carbocycles. The van der Waals surface area contributed by atoms with Crippen LogP contribution in [0, 0.1) is 10.1 Å². The maximum atomic E-state index is 11.4. The number of rotatable bonds is 6. The molecule has 0 aliphatic heterocycles. The van der Waals surface area contributed by atoms with Gasteiger partial charge >= 0.3 is 0 Å². The molecule has 10 heteroatoms. The highest BCUT2D eigenvalue weighted by atomic mass is 79.9. The topological polar surface area (TPSA) is 86.9 Å². The van der Waals surface area contributed by atoms with Crippen LogP contribution in [-0.4, -0.2) is 22.2 Å². The number of nitro groups is 1. The predicted molar refractivity (Wildman–Crippen MR) is 135 cm³/mol. The van der Waals surface area contributed by atoms with Crippen LogP contribution in [0.2, 0.25) is 0 Å². The lowest BCUT2D eigenvalue weighted by atomic mass is 10.2. The Kier molecular flexibility index (Phi) is 7.43. The second kappa shape index (κ2) is 9.73. The molecule has 7 nitrogen and oxygen atoms in total. The van der Waals surface area contributed by atoms with Crippen LogP contribution in [0.25, 0.3) is 0 Å². The Morgan fingerprint density at radius 1 is 1.03 bits per heavy atom. The SMILES string of the molecule is COc1ccc([N+](=O)[O-])cc1N=[P@@](Oc1ccc(Br)cc1Br)(c1ccncc1)C(C)(C)C. The second-order valence-corrected chi connectivity index (χ2v) is 13.0. The van der Waals surface area contributed by atoms with Crippen molar-refractivity contribution in [3.05, 3.63) is 80.0 Å². The largest absolute Gasteiger partial charge is 0.494 e. The van der Waals surface area contributed by atoms with E-state index in [9.17, 15) is 10.1 Å². The number of benzene rings is 2. The van der Waals surface area contributed by atoms with Crippen LogP contribution in [0.5, 0.6) is 11.5 Å². The molecule has 1 aromatic heterocycles. The highest BCUT2D eigenvalue weighted by molar-refractivity contribution is 9.11. The molecule has 32 heavy (non-hydrogen) atoms. The summed E-state index contributed by atoms with van der Waals surface area (Å²) < 4.78 is 19.0. The minimum absolute atomic E-state index is 0.0730. The fraction of sp³-hybridized carbons (Fsp3) is 0.227. The smallest absolute Gasteiger partial charge is 0.271 e. The van der Waals surface area contributed by atoms with Gasteiger partial charge < -0.3 is 9.26 Å². The van der Waals surface area contributed by atoms with Crippen molar-refractivity contribution in [2.45, 2.75) is 25.9 Å². The molecule has 3 aromatic rings. The van der Waals surface area contributed by atoms with Crippen LogP contribution < -0.4 is 14.6 Å². The number of pyridine rings is 1. The van der Waals surface area contributed by atoms with Crippen molar-refractivity contribution in [1.29, 1.82) is 0 Å². The number of hydrogen-bond donors (Lipinski definition) is 0. The molecule has 0 bridgehead atoms. The highest BCUT2D eigenvalue weighted by Crippen LogP contribution is 2.63. The summed E-state index contributed by atoms with van der Waals surface area (Å²) >= 11 is 7.04. The van der Waals surface area contributed by atoms with Crippen molar-refractivity contribution in [2.24, 2.45) is 4.74 Å². The first-order valence-corrected chi connectivity index (χ1v) is 12.8. The van der Waals surface area contributed by atoms with Gasteiger partial charge in [-0.2, -0.15) is 0 Å². The first kappa shape index (κ1) is 24.4. The number of aromatic nitrogens is 1. The first-order valence-electron chi connectivity index (χ1n) is 9.57. The minimum Gasteiger partial charge on any atom is -0.494 e. The van der Waals surface area contributed by atoms with Gasteiger partial charge in [-0.1, -0.05) is 36.7 Å². The van der Waals surface area contributed by atoms with Crippen molar-refractivity contribution in [3.63, 3.8) is 0 Å². The van der Waals surface area contributed by atoms with E-state index in [0.29, 0.717) is 17.2 Å². The molecule has 0 amide bonds. The standard InChI is InChI=1S/C22H22Br2N3O4P/c1-22(2,3)32(17-9-11-25-12-10-17,31-20-7-5-15(23)13-18(20)24)26-19-14-16(27(28)29)6-8-21(19)30-4/h5-14H,1-4H3/t32-/m1/s1. The third kappa shape index (κ3) is 5.05. The van der Waals surface area contributed by atoms with Crippen LogP contribution in [0.15, 0.2) is 74.6 Å². The van der Waals surface area contributed by atoms with Crippen LogP contribution in [0.4, 0.5) is 11.4 Å². The van der Waals surface area contributed by atoms with Gasteiger partial charge in [-0.05, 0) is 52.3 Å². The number of nitrogens with zero attached hydrogens (tertiary/aromatic N) is 3. The van der Waals surface area contributed by atoms with E-state index in [-0.39, 0.29) is 5.69 Å². The van der Waals surface area contributed by atoms with Crippen molar-refractivity contribution < 1.29 is 14.2 Å². The fourth-order valence-electron chi connectivity index (χ4n) is 3.06. The average molecular weight is 583 g/mol. The summed E-state index contributed by atoms with van der Waals surface area (Å²) in [5.41, 5.74) is 0.283. The van der Waals surface area contributed by atoms with E-state index < -0.39 is 17.4 Å². The van der Waals surface area contributed by atoms with Crippen LogP contribution in [0.3, 0.4) is 0 Å². The third-order valence-electron chi connectivity index (χ3n) is 4.67. The Morgan fingerprint density at radius 2 is 1.69 bits per heavy atom. The zero-order valence-corrected chi connectivity index (χ0v) is 22.0. The summed E-state index contributed by atoms with van der Waals surface area (Å²) in [5.74, 6) is 1.04. The lowest BCUT2D eigenvalue weighted by Gasteiger charge is -2.37. The van der Waals surface area contributed by atoms with Gasteiger partial charge in [0, 0.05) is 39.5 Å². The van der Waals surface area contributed by atoms with Gasteiger partial charge in [0.05, 0.1) is 16.5 Å². The molecule has 0 spiro atoms. The maximum absolute atomic E-state index is 11.4. The predicted octanol–water partition coefficient (Wildman–Crippen LogP) is 7.47. The summed E-state index contributed by atoms with van der Waals surface area (Å²) in [6.45, 7) is 6.13. The Labute approximate surface area is 203 Å². The zero-order chi connectivity index (χ0) is 23.5. The molecule has 0 fully saturated rings. The molecule has 1 heterocycles. The summed E-state index contributed by atoms with van der Waals surface area (Å²) in [7, 11) is -1.36. The first-order chi connectivity index (χ1) is 15.1. The van der Waals surface area contributed by atoms with Crippen LogP contribution in [-0.2, 0) is 0 Å². The number of non-ortho nitro benzene ring substituents is 1. The Balaban J connectivity index is 2.39. The lowest BCUT2D eigenvalue weighted by Crippen LogP contribution is -2.27. The molecule has 0 N–H and O–H groups in total. The lowest BCUT2D eigenvalue weighted by molar-refractivity contribution is -0.384. The number of nitro benzene ring substituents is 1.